The molecule has 0 fully saturated rings. The molecule has 3 heterocycles. The lowest BCUT2D eigenvalue weighted by Gasteiger charge is -2.24. The number of esters is 1. The molecule has 10 heteroatoms. The van der Waals surface area contributed by atoms with Gasteiger partial charge in [-0.1, -0.05) is 35.1 Å². The SMILES string of the molecule is CCOC(=O)c1sc(N2C(=O)C(O)=C(C(=O)c3ccco3)[C@@H]2c2cccc(Cl)c2)nc1C. The molecular formula is C22H17ClN2O6S. The van der Waals surface area contributed by atoms with Crippen LogP contribution in [0.5, 0.6) is 0 Å². The van der Waals surface area contributed by atoms with Crippen molar-refractivity contribution in [2.45, 2.75) is 19.9 Å². The number of carbonyl (C=O) groups is 3. The van der Waals surface area contributed by atoms with Gasteiger partial charge in [0.15, 0.2) is 16.7 Å². The Morgan fingerprint density at radius 2 is 2.09 bits per heavy atom. The Kier molecular flexibility index (Phi) is 5.86. The number of nitrogens with zero attached hydrogens (tertiary/aromatic N) is 2. The number of hydrogen-bond acceptors (Lipinski definition) is 8. The van der Waals surface area contributed by atoms with Gasteiger partial charge in [0.1, 0.15) is 4.88 Å². The average Bonchev–Trinajstić information content (AvgIpc) is 3.47. The summed E-state index contributed by atoms with van der Waals surface area (Å²) in [5, 5.41) is 11.2. The number of ether oxygens (including phenoxy) is 1. The minimum Gasteiger partial charge on any atom is -0.503 e. The number of aryl methyl sites for hydroxylation is 1. The molecule has 3 aromatic rings. The van der Waals surface area contributed by atoms with Gasteiger partial charge in [-0.3, -0.25) is 14.5 Å². The molecule has 1 atom stereocenters. The van der Waals surface area contributed by atoms with Gasteiger partial charge in [-0.15, -0.1) is 0 Å². The molecule has 0 bridgehead atoms. The predicted octanol–water partition coefficient (Wildman–Crippen LogP) is 4.66. The van der Waals surface area contributed by atoms with Gasteiger partial charge >= 0.3 is 5.97 Å². The number of thiazole rings is 1. The van der Waals surface area contributed by atoms with Gasteiger partial charge < -0.3 is 14.3 Å². The van der Waals surface area contributed by atoms with Crippen LogP contribution in [-0.4, -0.2) is 34.4 Å². The molecule has 1 N–H and O–H groups in total. The number of benzene rings is 1. The minimum atomic E-state index is -1.03. The summed E-state index contributed by atoms with van der Waals surface area (Å²) in [6.45, 7) is 3.48. The molecule has 32 heavy (non-hydrogen) atoms. The largest absolute Gasteiger partial charge is 0.503 e. The van der Waals surface area contributed by atoms with Crippen LogP contribution < -0.4 is 4.90 Å². The number of aliphatic hydroxyl groups excluding tert-OH is 1. The van der Waals surface area contributed by atoms with E-state index in [2.05, 4.69) is 4.98 Å². The second kappa shape index (κ2) is 8.60. The summed E-state index contributed by atoms with van der Waals surface area (Å²) < 4.78 is 10.2. The zero-order valence-corrected chi connectivity index (χ0v) is 18.6. The van der Waals surface area contributed by atoms with Crippen molar-refractivity contribution in [2.24, 2.45) is 0 Å². The number of carbonyl (C=O) groups excluding carboxylic acids is 3. The van der Waals surface area contributed by atoms with Crippen molar-refractivity contribution in [2.75, 3.05) is 11.5 Å². The Morgan fingerprint density at radius 1 is 1.31 bits per heavy atom. The smallest absolute Gasteiger partial charge is 0.350 e. The molecule has 0 spiro atoms. The summed E-state index contributed by atoms with van der Waals surface area (Å²) in [4.78, 5) is 44.3. The highest BCUT2D eigenvalue weighted by Crippen LogP contribution is 2.44. The number of halogens is 1. The molecule has 0 unspecified atom stereocenters. The van der Waals surface area contributed by atoms with Crippen LogP contribution in [0.3, 0.4) is 0 Å². The minimum absolute atomic E-state index is 0.0317. The van der Waals surface area contributed by atoms with E-state index in [4.69, 9.17) is 20.8 Å². The van der Waals surface area contributed by atoms with E-state index < -0.39 is 29.5 Å². The molecule has 1 aliphatic rings. The second-order valence-electron chi connectivity index (χ2n) is 6.83. The quantitative estimate of drug-likeness (QED) is 0.410. The van der Waals surface area contributed by atoms with E-state index in [-0.39, 0.29) is 27.9 Å². The fourth-order valence-corrected chi connectivity index (χ4v) is 4.62. The first-order chi connectivity index (χ1) is 15.3. The molecule has 1 aromatic carbocycles. The molecule has 8 nitrogen and oxygen atoms in total. The van der Waals surface area contributed by atoms with Gasteiger partial charge in [-0.05, 0) is 43.7 Å². The Balaban J connectivity index is 1.86. The molecule has 1 amide bonds. The number of furan rings is 1. The van der Waals surface area contributed by atoms with Crippen LogP contribution in [0.4, 0.5) is 5.13 Å². The summed E-state index contributed by atoms with van der Waals surface area (Å²) >= 11 is 7.10. The second-order valence-corrected chi connectivity index (χ2v) is 8.25. The molecule has 0 saturated carbocycles. The number of hydrogen-bond donors (Lipinski definition) is 1. The molecule has 0 saturated heterocycles. The molecule has 164 valence electrons. The average molecular weight is 473 g/mol. The fourth-order valence-electron chi connectivity index (χ4n) is 3.44. The third kappa shape index (κ3) is 3.69. The van der Waals surface area contributed by atoms with Crippen LogP contribution >= 0.6 is 22.9 Å². The first-order valence-corrected chi connectivity index (χ1v) is 10.8. The first-order valence-electron chi connectivity index (χ1n) is 9.58. The lowest BCUT2D eigenvalue weighted by atomic mass is 9.95. The van der Waals surface area contributed by atoms with Crippen molar-refractivity contribution >= 4 is 45.7 Å². The number of amides is 1. The monoisotopic (exact) mass is 472 g/mol. The lowest BCUT2D eigenvalue weighted by molar-refractivity contribution is -0.117. The maximum absolute atomic E-state index is 13.2. The number of aromatic nitrogens is 1. The van der Waals surface area contributed by atoms with Gasteiger partial charge in [-0.25, -0.2) is 9.78 Å². The third-order valence-electron chi connectivity index (χ3n) is 4.81. The Labute approximate surface area is 191 Å². The fraction of sp³-hybridized carbons (Fsp3) is 0.182. The standard InChI is InChI=1S/C22H17ClN2O6S/c1-3-30-21(29)19-11(2)24-22(32-19)25-16(12-6-4-7-13(23)10-12)15(18(27)20(25)28)17(26)14-8-5-9-31-14/h4-10,16,27H,3H2,1-2H3/t16-/m0/s1. The van der Waals surface area contributed by atoms with Crippen molar-refractivity contribution in [1.82, 2.24) is 4.98 Å². The molecular weight excluding hydrogens is 456 g/mol. The van der Waals surface area contributed by atoms with Gasteiger partial charge in [0.05, 0.1) is 30.2 Å². The zero-order valence-electron chi connectivity index (χ0n) is 17.0. The molecule has 0 aliphatic carbocycles. The van der Waals surface area contributed by atoms with Crippen LogP contribution in [-0.2, 0) is 9.53 Å². The van der Waals surface area contributed by atoms with Crippen LogP contribution in [0.15, 0.2) is 58.4 Å². The molecule has 2 aromatic heterocycles. The van der Waals surface area contributed by atoms with Crippen molar-refractivity contribution < 1.29 is 28.6 Å². The first kappa shape index (κ1) is 21.8. The topological polar surface area (TPSA) is 110 Å². The highest BCUT2D eigenvalue weighted by Gasteiger charge is 2.46. The third-order valence-corrected chi connectivity index (χ3v) is 6.19. The highest BCUT2D eigenvalue weighted by molar-refractivity contribution is 7.17. The van der Waals surface area contributed by atoms with E-state index in [1.165, 1.54) is 23.3 Å². The van der Waals surface area contributed by atoms with Crippen molar-refractivity contribution in [1.29, 1.82) is 0 Å². The number of anilines is 1. The van der Waals surface area contributed by atoms with Gasteiger partial charge in [-0.2, -0.15) is 0 Å². The summed E-state index contributed by atoms with van der Waals surface area (Å²) in [6, 6.07) is 8.53. The summed E-state index contributed by atoms with van der Waals surface area (Å²) in [5.74, 6) is -2.79. The maximum Gasteiger partial charge on any atom is 0.350 e. The number of Topliss-reactive ketones (excluding diaryl/α,β-unsaturated/α-hetero) is 1. The number of aliphatic hydroxyl groups is 1. The Bertz CT molecular complexity index is 1250. The van der Waals surface area contributed by atoms with Crippen molar-refractivity contribution in [3.63, 3.8) is 0 Å². The van der Waals surface area contributed by atoms with E-state index >= 15 is 0 Å². The van der Waals surface area contributed by atoms with E-state index in [0.717, 1.165) is 11.3 Å². The molecule has 4 rings (SSSR count). The van der Waals surface area contributed by atoms with Crippen LogP contribution in [0, 0.1) is 6.92 Å². The van der Waals surface area contributed by atoms with Gasteiger partial charge in [0.25, 0.3) is 5.91 Å². The van der Waals surface area contributed by atoms with Crippen LogP contribution in [0.25, 0.3) is 0 Å². The van der Waals surface area contributed by atoms with Crippen molar-refractivity contribution in [3.8, 4) is 0 Å². The highest BCUT2D eigenvalue weighted by atomic mass is 35.5. The summed E-state index contributed by atoms with van der Waals surface area (Å²) in [6.07, 6.45) is 1.32. The van der Waals surface area contributed by atoms with Crippen molar-refractivity contribution in [3.05, 3.63) is 80.9 Å². The Hall–Kier alpha value is -3.43. The van der Waals surface area contributed by atoms with Crippen LogP contribution in [0.2, 0.25) is 5.02 Å². The van der Waals surface area contributed by atoms with Gasteiger partial charge in [0, 0.05) is 5.02 Å². The normalized spacial score (nSPS) is 16.0. The number of rotatable bonds is 6. The number of ketones is 1. The van der Waals surface area contributed by atoms with E-state index in [1.807, 2.05) is 0 Å². The maximum atomic E-state index is 13.2. The molecule has 0 radical (unpaired) electrons. The zero-order chi connectivity index (χ0) is 23.0. The van der Waals surface area contributed by atoms with E-state index in [9.17, 15) is 19.5 Å². The van der Waals surface area contributed by atoms with E-state index in [1.54, 1.807) is 38.1 Å². The molecule has 1 aliphatic heterocycles. The van der Waals surface area contributed by atoms with Crippen LogP contribution in [0.1, 0.15) is 44.4 Å². The predicted molar refractivity (Wildman–Crippen MR) is 117 cm³/mol. The van der Waals surface area contributed by atoms with Gasteiger partial charge in [0.2, 0.25) is 5.78 Å². The van der Waals surface area contributed by atoms with E-state index in [0.29, 0.717) is 16.3 Å². The Morgan fingerprint density at radius 3 is 2.75 bits per heavy atom. The lowest BCUT2D eigenvalue weighted by Crippen LogP contribution is -2.31. The summed E-state index contributed by atoms with van der Waals surface area (Å²) in [7, 11) is 0. The summed E-state index contributed by atoms with van der Waals surface area (Å²) in [5.41, 5.74) is 0.680.